The number of nitrogens with zero attached hydrogens (tertiary/aromatic N) is 1. The van der Waals surface area contributed by atoms with Gasteiger partial charge in [-0.1, -0.05) is 23.7 Å². The van der Waals surface area contributed by atoms with Crippen molar-refractivity contribution in [3.63, 3.8) is 0 Å². The number of aliphatic carboxylic acids is 1. The van der Waals surface area contributed by atoms with Crippen LogP contribution in [-0.2, 0) is 27.5 Å². The summed E-state index contributed by atoms with van der Waals surface area (Å²) in [5.74, 6) is -1.32. The Morgan fingerprint density at radius 2 is 1.78 bits per heavy atom. The van der Waals surface area contributed by atoms with E-state index >= 15 is 0 Å². The van der Waals surface area contributed by atoms with Gasteiger partial charge in [-0.15, -0.1) is 0 Å². The maximum Gasteiger partial charge on any atom is 0.416 e. The summed E-state index contributed by atoms with van der Waals surface area (Å²) < 4.78 is 65.7. The molecule has 1 aliphatic heterocycles. The lowest BCUT2D eigenvalue weighted by Crippen LogP contribution is -2.29. The number of carbonyl (C=O) groups is 1. The lowest BCUT2D eigenvalue weighted by molar-refractivity contribution is -0.138. The summed E-state index contributed by atoms with van der Waals surface area (Å²) in [7, 11) is -4.14. The summed E-state index contributed by atoms with van der Waals surface area (Å²) in [5.41, 5.74) is -0.663. The quantitative estimate of drug-likeness (QED) is 0.810. The Kier molecular flexibility index (Phi) is 4.96. The van der Waals surface area contributed by atoms with Gasteiger partial charge in [-0.2, -0.15) is 17.5 Å². The van der Waals surface area contributed by atoms with Crippen LogP contribution in [0.25, 0.3) is 0 Å². The van der Waals surface area contributed by atoms with Gasteiger partial charge in [-0.3, -0.25) is 4.79 Å². The molecule has 0 unspecified atom stereocenters. The van der Waals surface area contributed by atoms with Gasteiger partial charge in [0.25, 0.3) is 0 Å². The molecule has 1 aliphatic rings. The van der Waals surface area contributed by atoms with Crippen LogP contribution >= 0.6 is 11.6 Å². The van der Waals surface area contributed by atoms with E-state index in [2.05, 4.69) is 0 Å². The van der Waals surface area contributed by atoms with E-state index in [1.807, 2.05) is 0 Å². The minimum Gasteiger partial charge on any atom is -0.481 e. The Labute approximate surface area is 158 Å². The zero-order valence-corrected chi connectivity index (χ0v) is 15.1. The normalized spacial score (nSPS) is 19.0. The van der Waals surface area contributed by atoms with E-state index in [-0.39, 0.29) is 17.0 Å². The minimum absolute atomic E-state index is 0.166. The molecule has 0 fully saturated rings. The van der Waals surface area contributed by atoms with Gasteiger partial charge >= 0.3 is 12.1 Å². The van der Waals surface area contributed by atoms with Crippen LogP contribution in [0.5, 0.6) is 0 Å². The monoisotopic (exact) mass is 419 g/mol. The van der Waals surface area contributed by atoms with E-state index in [4.69, 9.17) is 16.7 Å². The van der Waals surface area contributed by atoms with Crippen LogP contribution in [0.1, 0.15) is 29.2 Å². The average molecular weight is 420 g/mol. The first-order chi connectivity index (χ1) is 12.5. The molecule has 2 aromatic carbocycles. The van der Waals surface area contributed by atoms with Crippen LogP contribution in [0.3, 0.4) is 0 Å². The predicted octanol–water partition coefficient (Wildman–Crippen LogP) is 4.08. The SMILES string of the molecule is O=C(O)C[C@H]1c2cc(C(F)(F)F)ccc2S(=O)(=O)N1Cc1ccc(Cl)cc1. The van der Waals surface area contributed by atoms with Gasteiger partial charge in [0.15, 0.2) is 0 Å². The van der Waals surface area contributed by atoms with Crippen molar-refractivity contribution in [3.05, 3.63) is 64.2 Å². The van der Waals surface area contributed by atoms with Gasteiger partial charge in [-0.25, -0.2) is 8.42 Å². The molecule has 2 aromatic rings. The smallest absolute Gasteiger partial charge is 0.416 e. The number of benzene rings is 2. The molecule has 0 spiro atoms. The Balaban J connectivity index is 2.09. The molecule has 0 aromatic heterocycles. The molecule has 1 heterocycles. The van der Waals surface area contributed by atoms with Gasteiger partial charge in [0.2, 0.25) is 10.0 Å². The molecule has 27 heavy (non-hydrogen) atoms. The number of sulfonamides is 1. The molecule has 3 rings (SSSR count). The zero-order chi connectivity index (χ0) is 20.0. The van der Waals surface area contributed by atoms with Crippen molar-refractivity contribution in [2.24, 2.45) is 0 Å². The third kappa shape index (κ3) is 3.80. The molecule has 1 atom stereocenters. The summed E-state index contributed by atoms with van der Waals surface area (Å²) in [6.45, 7) is -0.187. The number of carboxylic acid groups (broad SMARTS) is 1. The third-order valence-electron chi connectivity index (χ3n) is 4.25. The number of fused-ring (bicyclic) bond motifs is 1. The molecular formula is C17H13ClF3NO4S. The van der Waals surface area contributed by atoms with Crippen LogP contribution in [0.15, 0.2) is 47.4 Å². The highest BCUT2D eigenvalue weighted by Crippen LogP contribution is 2.44. The minimum atomic E-state index is -4.67. The van der Waals surface area contributed by atoms with Gasteiger partial charge in [-0.05, 0) is 41.5 Å². The molecule has 1 N–H and O–H groups in total. The number of hydrogen-bond donors (Lipinski definition) is 1. The van der Waals surface area contributed by atoms with Gasteiger partial charge < -0.3 is 5.11 Å². The van der Waals surface area contributed by atoms with Crippen molar-refractivity contribution in [2.45, 2.75) is 30.1 Å². The molecular weight excluding hydrogens is 407 g/mol. The fraction of sp³-hybridized carbons (Fsp3) is 0.235. The summed E-state index contributed by atoms with van der Waals surface area (Å²) in [5, 5.41) is 9.59. The third-order valence-corrected chi connectivity index (χ3v) is 6.43. The van der Waals surface area contributed by atoms with Crippen LogP contribution in [0.4, 0.5) is 13.2 Å². The Bertz CT molecular complexity index is 990. The van der Waals surface area contributed by atoms with Crippen molar-refractivity contribution in [3.8, 4) is 0 Å². The molecule has 0 amide bonds. The largest absolute Gasteiger partial charge is 0.481 e. The van der Waals surface area contributed by atoms with Crippen LogP contribution < -0.4 is 0 Å². The Morgan fingerprint density at radius 3 is 2.33 bits per heavy atom. The number of rotatable bonds is 4. The Morgan fingerprint density at radius 1 is 1.15 bits per heavy atom. The van der Waals surface area contributed by atoms with Crippen molar-refractivity contribution in [2.75, 3.05) is 0 Å². The number of alkyl halides is 3. The fourth-order valence-electron chi connectivity index (χ4n) is 3.01. The zero-order valence-electron chi connectivity index (χ0n) is 13.6. The van der Waals surface area contributed by atoms with Gasteiger partial charge in [0.1, 0.15) is 0 Å². The second-order valence-corrected chi connectivity index (χ2v) is 8.34. The van der Waals surface area contributed by atoms with Crippen molar-refractivity contribution >= 4 is 27.6 Å². The first-order valence-corrected chi connectivity index (χ1v) is 9.51. The number of carboxylic acids is 1. The molecule has 0 saturated carbocycles. The first-order valence-electron chi connectivity index (χ1n) is 7.69. The molecule has 0 aliphatic carbocycles. The second-order valence-electron chi connectivity index (χ2n) is 6.04. The Hall–Kier alpha value is -2.10. The highest BCUT2D eigenvalue weighted by Gasteiger charge is 2.45. The lowest BCUT2D eigenvalue weighted by Gasteiger charge is -2.22. The van der Waals surface area contributed by atoms with E-state index in [1.165, 1.54) is 0 Å². The summed E-state index contributed by atoms with van der Waals surface area (Å²) >= 11 is 5.80. The summed E-state index contributed by atoms with van der Waals surface area (Å²) in [6.07, 6.45) is -5.32. The lowest BCUT2D eigenvalue weighted by atomic mass is 10.0. The standard InChI is InChI=1S/C17H13ClF3NO4S/c18-12-4-1-10(2-5-12)9-22-14(8-16(23)24)13-7-11(17(19,20)21)3-6-15(13)27(22,25)26/h1-7,14H,8-9H2,(H,23,24)/t14-/m0/s1. The van der Waals surface area contributed by atoms with Crippen molar-refractivity contribution in [1.29, 1.82) is 0 Å². The van der Waals surface area contributed by atoms with Crippen LogP contribution in [-0.4, -0.2) is 23.8 Å². The molecule has 0 saturated heterocycles. The molecule has 10 heteroatoms. The number of hydrogen-bond acceptors (Lipinski definition) is 3. The van der Waals surface area contributed by atoms with E-state index < -0.39 is 40.2 Å². The van der Waals surface area contributed by atoms with Gasteiger partial charge in [0.05, 0.1) is 22.9 Å². The molecule has 5 nitrogen and oxygen atoms in total. The summed E-state index contributed by atoms with van der Waals surface area (Å²) in [4.78, 5) is 10.9. The van der Waals surface area contributed by atoms with Crippen LogP contribution in [0, 0.1) is 0 Å². The summed E-state index contributed by atoms with van der Waals surface area (Å²) in [6, 6.07) is 7.26. The predicted molar refractivity (Wildman–Crippen MR) is 90.6 cm³/mol. The molecule has 144 valence electrons. The second kappa shape index (κ2) is 6.81. The van der Waals surface area contributed by atoms with E-state index in [0.29, 0.717) is 22.7 Å². The van der Waals surface area contributed by atoms with E-state index in [9.17, 15) is 26.4 Å². The average Bonchev–Trinajstić information content (AvgIpc) is 2.76. The topological polar surface area (TPSA) is 74.7 Å². The van der Waals surface area contributed by atoms with Crippen LogP contribution in [0.2, 0.25) is 5.02 Å². The maximum absolute atomic E-state index is 13.0. The maximum atomic E-state index is 13.0. The molecule has 0 bridgehead atoms. The van der Waals surface area contributed by atoms with Crippen molar-refractivity contribution in [1.82, 2.24) is 4.31 Å². The highest BCUT2D eigenvalue weighted by molar-refractivity contribution is 7.89. The fourth-order valence-corrected chi connectivity index (χ4v) is 4.96. The highest BCUT2D eigenvalue weighted by atomic mass is 35.5. The molecule has 0 radical (unpaired) electrons. The van der Waals surface area contributed by atoms with Gasteiger partial charge in [0, 0.05) is 11.6 Å². The van der Waals surface area contributed by atoms with Crippen molar-refractivity contribution < 1.29 is 31.5 Å². The first kappa shape index (κ1) is 19.7. The van der Waals surface area contributed by atoms with E-state index in [1.54, 1.807) is 24.3 Å². The van der Waals surface area contributed by atoms with E-state index in [0.717, 1.165) is 10.4 Å². The number of halogens is 4.